The number of nitrogens with one attached hydrogen (secondary N) is 1. The maximum atomic E-state index is 12.1. The summed E-state index contributed by atoms with van der Waals surface area (Å²) in [6.07, 6.45) is 2.14. The summed E-state index contributed by atoms with van der Waals surface area (Å²) in [5, 5.41) is 11.1. The number of rotatable bonds is 7. The van der Waals surface area contributed by atoms with Crippen molar-refractivity contribution in [2.24, 2.45) is 0 Å². The number of halogens is 1. The quantitative estimate of drug-likeness (QED) is 0.493. The molecule has 10 heteroatoms. The highest BCUT2D eigenvalue weighted by atomic mass is 35.5. The summed E-state index contributed by atoms with van der Waals surface area (Å²) < 4.78 is 10.3. The van der Waals surface area contributed by atoms with E-state index < -0.39 is 0 Å². The van der Waals surface area contributed by atoms with Gasteiger partial charge in [0.1, 0.15) is 5.69 Å². The van der Waals surface area contributed by atoms with Crippen LogP contribution in [0.3, 0.4) is 0 Å². The number of carbonyl (C=O) groups excluding carboxylic acids is 1. The summed E-state index contributed by atoms with van der Waals surface area (Å²) in [6.45, 7) is 0.127. The topological polar surface area (TPSA) is 120 Å². The molecule has 0 aliphatic rings. The highest BCUT2D eigenvalue weighted by molar-refractivity contribution is 6.30. The Morgan fingerprint density at radius 1 is 0.966 bits per heavy atom. The SMILES string of the molecule is O=C(CCc1nc(-c2ccccn2)no1)NCc1nc(-c2ccc(Cl)cc2)no1. The second kappa shape index (κ2) is 8.61. The molecular formula is C19H15ClN6O3. The van der Waals surface area contributed by atoms with E-state index in [-0.39, 0.29) is 18.9 Å². The molecule has 0 spiro atoms. The molecule has 3 heterocycles. The largest absolute Gasteiger partial charge is 0.347 e. The van der Waals surface area contributed by atoms with Gasteiger partial charge in [-0.2, -0.15) is 9.97 Å². The number of pyridine rings is 1. The van der Waals surface area contributed by atoms with Crippen LogP contribution in [0.1, 0.15) is 18.2 Å². The van der Waals surface area contributed by atoms with Gasteiger partial charge < -0.3 is 14.4 Å². The number of amides is 1. The number of hydrogen-bond donors (Lipinski definition) is 1. The fraction of sp³-hybridized carbons (Fsp3) is 0.158. The van der Waals surface area contributed by atoms with Gasteiger partial charge in [-0.25, -0.2) is 0 Å². The van der Waals surface area contributed by atoms with Gasteiger partial charge in [-0.1, -0.05) is 28.0 Å². The molecule has 0 saturated carbocycles. The van der Waals surface area contributed by atoms with Crippen LogP contribution in [-0.2, 0) is 17.8 Å². The van der Waals surface area contributed by atoms with E-state index in [1.165, 1.54) is 0 Å². The molecule has 3 aromatic heterocycles. The predicted molar refractivity (Wildman–Crippen MR) is 102 cm³/mol. The molecule has 0 aliphatic heterocycles. The molecular weight excluding hydrogens is 396 g/mol. The first-order chi connectivity index (χ1) is 14.2. The second-order valence-corrected chi connectivity index (χ2v) is 6.46. The smallest absolute Gasteiger partial charge is 0.246 e. The molecule has 4 aromatic rings. The Kier molecular flexibility index (Phi) is 5.57. The number of aryl methyl sites for hydroxylation is 1. The minimum atomic E-state index is -0.200. The van der Waals surface area contributed by atoms with E-state index >= 15 is 0 Å². The van der Waals surface area contributed by atoms with Crippen LogP contribution in [0.5, 0.6) is 0 Å². The van der Waals surface area contributed by atoms with Crippen LogP contribution in [0.4, 0.5) is 0 Å². The van der Waals surface area contributed by atoms with Crippen molar-refractivity contribution in [3.63, 3.8) is 0 Å². The normalized spacial score (nSPS) is 10.8. The minimum Gasteiger partial charge on any atom is -0.347 e. The van der Waals surface area contributed by atoms with Crippen molar-refractivity contribution in [2.75, 3.05) is 0 Å². The zero-order valence-corrected chi connectivity index (χ0v) is 15.8. The third-order valence-corrected chi connectivity index (χ3v) is 4.19. The molecule has 1 N–H and O–H groups in total. The van der Waals surface area contributed by atoms with Gasteiger partial charge in [0.2, 0.25) is 29.3 Å². The monoisotopic (exact) mass is 410 g/mol. The van der Waals surface area contributed by atoms with E-state index in [1.807, 2.05) is 6.07 Å². The molecule has 1 aromatic carbocycles. The van der Waals surface area contributed by atoms with Crippen molar-refractivity contribution in [3.05, 3.63) is 65.5 Å². The van der Waals surface area contributed by atoms with Crippen molar-refractivity contribution in [3.8, 4) is 22.9 Å². The fourth-order valence-electron chi connectivity index (χ4n) is 2.48. The molecule has 0 fully saturated rings. The number of benzene rings is 1. The first-order valence-corrected chi connectivity index (χ1v) is 9.14. The van der Waals surface area contributed by atoms with Gasteiger partial charge in [0.25, 0.3) is 0 Å². The molecule has 0 saturated heterocycles. The van der Waals surface area contributed by atoms with Gasteiger partial charge in [-0.3, -0.25) is 9.78 Å². The summed E-state index contributed by atoms with van der Waals surface area (Å²) in [4.78, 5) is 24.7. The average molecular weight is 411 g/mol. The average Bonchev–Trinajstić information content (AvgIpc) is 3.42. The Labute approximate surface area is 170 Å². The van der Waals surface area contributed by atoms with Gasteiger partial charge in [-0.15, -0.1) is 0 Å². The summed E-state index contributed by atoms with van der Waals surface area (Å²) >= 11 is 5.87. The first kappa shape index (κ1) is 18.8. The molecule has 0 atom stereocenters. The zero-order valence-electron chi connectivity index (χ0n) is 15.1. The van der Waals surface area contributed by atoms with Crippen molar-refractivity contribution < 1.29 is 13.8 Å². The van der Waals surface area contributed by atoms with Gasteiger partial charge in [0.15, 0.2) is 0 Å². The van der Waals surface area contributed by atoms with Gasteiger partial charge >= 0.3 is 0 Å². The highest BCUT2D eigenvalue weighted by Gasteiger charge is 2.13. The standard InChI is InChI=1S/C19H15ClN6O3/c20-13-6-4-12(5-7-13)18-24-17(29-25-18)11-22-15(27)8-9-16-23-19(26-28-16)14-3-1-2-10-21-14/h1-7,10H,8-9,11H2,(H,22,27). The van der Waals surface area contributed by atoms with Crippen molar-refractivity contribution in [2.45, 2.75) is 19.4 Å². The maximum Gasteiger partial charge on any atom is 0.246 e. The predicted octanol–water partition coefficient (Wildman–Crippen LogP) is 3.08. The fourth-order valence-corrected chi connectivity index (χ4v) is 2.61. The third kappa shape index (κ3) is 4.82. The van der Waals surface area contributed by atoms with Crippen LogP contribution in [0.15, 0.2) is 57.7 Å². The van der Waals surface area contributed by atoms with Crippen LogP contribution in [0.25, 0.3) is 22.9 Å². The van der Waals surface area contributed by atoms with Crippen LogP contribution in [0, 0.1) is 0 Å². The summed E-state index contributed by atoms with van der Waals surface area (Å²) in [6, 6.07) is 12.5. The van der Waals surface area contributed by atoms with Crippen LogP contribution in [0.2, 0.25) is 5.02 Å². The minimum absolute atomic E-state index is 0.127. The Morgan fingerprint density at radius 3 is 2.52 bits per heavy atom. The lowest BCUT2D eigenvalue weighted by Crippen LogP contribution is -2.23. The Bertz CT molecular complexity index is 1090. The Morgan fingerprint density at radius 2 is 1.72 bits per heavy atom. The molecule has 9 nitrogen and oxygen atoms in total. The van der Waals surface area contributed by atoms with E-state index in [9.17, 15) is 4.79 Å². The van der Waals surface area contributed by atoms with E-state index in [0.717, 1.165) is 5.56 Å². The molecule has 0 radical (unpaired) electrons. The highest BCUT2D eigenvalue weighted by Crippen LogP contribution is 2.18. The molecule has 4 rings (SSSR count). The maximum absolute atomic E-state index is 12.1. The van der Waals surface area contributed by atoms with Gasteiger partial charge in [0.05, 0.1) is 6.54 Å². The van der Waals surface area contributed by atoms with Gasteiger partial charge in [0, 0.05) is 29.6 Å². The van der Waals surface area contributed by atoms with E-state index in [0.29, 0.717) is 40.6 Å². The zero-order chi connectivity index (χ0) is 20.1. The Balaban J connectivity index is 1.27. The molecule has 0 aliphatic carbocycles. The molecule has 1 amide bonds. The van der Waals surface area contributed by atoms with Crippen molar-refractivity contribution >= 4 is 17.5 Å². The van der Waals surface area contributed by atoms with Crippen LogP contribution >= 0.6 is 11.6 Å². The number of aromatic nitrogens is 5. The lowest BCUT2D eigenvalue weighted by atomic mass is 10.2. The summed E-state index contributed by atoms with van der Waals surface area (Å²) in [5.74, 6) is 1.29. The van der Waals surface area contributed by atoms with E-state index in [2.05, 4.69) is 30.6 Å². The molecule has 29 heavy (non-hydrogen) atoms. The number of carbonyl (C=O) groups is 1. The second-order valence-electron chi connectivity index (χ2n) is 6.02. The van der Waals surface area contributed by atoms with Gasteiger partial charge in [-0.05, 0) is 36.4 Å². The number of hydrogen-bond acceptors (Lipinski definition) is 8. The summed E-state index contributed by atoms with van der Waals surface area (Å²) in [7, 11) is 0. The van der Waals surface area contributed by atoms with E-state index in [1.54, 1.807) is 42.6 Å². The first-order valence-electron chi connectivity index (χ1n) is 8.76. The Hall–Kier alpha value is -3.59. The van der Waals surface area contributed by atoms with E-state index in [4.69, 9.17) is 20.6 Å². The molecule has 0 bridgehead atoms. The molecule has 0 unspecified atom stereocenters. The van der Waals surface area contributed by atoms with Crippen molar-refractivity contribution in [1.82, 2.24) is 30.6 Å². The summed E-state index contributed by atoms with van der Waals surface area (Å²) in [5.41, 5.74) is 1.38. The lowest BCUT2D eigenvalue weighted by molar-refractivity contribution is -0.121. The lowest BCUT2D eigenvalue weighted by Gasteiger charge is -1.99. The van der Waals surface area contributed by atoms with Crippen molar-refractivity contribution in [1.29, 1.82) is 0 Å². The molecule has 146 valence electrons. The number of nitrogens with zero attached hydrogens (tertiary/aromatic N) is 5. The van der Waals surface area contributed by atoms with Crippen LogP contribution < -0.4 is 5.32 Å². The van der Waals surface area contributed by atoms with Crippen LogP contribution in [-0.4, -0.2) is 31.2 Å². The third-order valence-electron chi connectivity index (χ3n) is 3.94.